The molecule has 3 nitrogen and oxygen atoms in total. The maximum Gasteiger partial charge on any atom is 0.343 e. The zero-order chi connectivity index (χ0) is 7.82. The second-order valence-electron chi connectivity index (χ2n) is 1.97. The quantitative estimate of drug-likeness (QED) is 0.339. The molecule has 0 aromatic heterocycles. The van der Waals surface area contributed by atoms with Gasteiger partial charge in [0.25, 0.3) is 0 Å². The third-order valence-electron chi connectivity index (χ3n) is 1.06. The van der Waals surface area contributed by atoms with Crippen LogP contribution in [0.2, 0.25) is 0 Å². The number of rotatable bonds is 3. The lowest BCUT2D eigenvalue weighted by molar-refractivity contribution is -0.457. The summed E-state index contributed by atoms with van der Waals surface area (Å²) in [7, 11) is 0. The highest BCUT2D eigenvalue weighted by Crippen LogP contribution is 1.53. The summed E-state index contributed by atoms with van der Waals surface area (Å²) in [6, 6.07) is 0. The van der Waals surface area contributed by atoms with Crippen molar-refractivity contribution in [3.8, 4) is 0 Å². The van der Waals surface area contributed by atoms with Crippen LogP contribution in [0.1, 0.15) is 20.8 Å². The number of guanidine groups is 1. The molecule has 3 N–H and O–H groups in total. The summed E-state index contributed by atoms with van der Waals surface area (Å²) in [6.07, 6.45) is 0. The smallest absolute Gasteiger partial charge is 0.278 e. The Kier molecular flexibility index (Phi) is 5.92. The topological polar surface area (TPSA) is 38.0 Å². The summed E-state index contributed by atoms with van der Waals surface area (Å²) in [6.45, 7) is 9.10. The Morgan fingerprint density at radius 1 is 1.10 bits per heavy atom. The summed E-state index contributed by atoms with van der Waals surface area (Å²) >= 11 is 0. The lowest BCUT2D eigenvalue weighted by Gasteiger charge is -1.99. The molecule has 0 saturated carbocycles. The summed E-state index contributed by atoms with van der Waals surface area (Å²) in [5, 5.41) is 6.36. The Morgan fingerprint density at radius 3 is 1.90 bits per heavy atom. The van der Waals surface area contributed by atoms with Gasteiger partial charge in [-0.2, -0.15) is 0 Å². The van der Waals surface area contributed by atoms with Crippen LogP contribution in [0.25, 0.3) is 0 Å². The second-order valence-corrected chi connectivity index (χ2v) is 1.97. The predicted molar refractivity (Wildman–Crippen MR) is 43.9 cm³/mol. The zero-order valence-electron chi connectivity index (χ0n) is 7.12. The highest BCUT2D eigenvalue weighted by Gasteiger charge is 1.97. The molecule has 0 aliphatic rings. The van der Waals surface area contributed by atoms with Gasteiger partial charge in [-0.05, 0) is 20.8 Å². The molecular formula is C7H18N3+. The standard InChI is InChI=1S/C7H17N3/c1-4-8-7(9-5-2)10-6-3/h4-6H2,1-3H3,(H2,8,9,10)/p+1. The van der Waals surface area contributed by atoms with Crippen molar-refractivity contribution in [1.29, 1.82) is 0 Å². The molecule has 0 aliphatic carbocycles. The van der Waals surface area contributed by atoms with Crippen LogP contribution in [-0.4, -0.2) is 25.6 Å². The van der Waals surface area contributed by atoms with Gasteiger partial charge in [0, 0.05) is 0 Å². The molecule has 10 heavy (non-hydrogen) atoms. The lowest BCUT2D eigenvalue weighted by Crippen LogP contribution is -2.79. The van der Waals surface area contributed by atoms with Gasteiger partial charge in [-0.25, -0.2) is 0 Å². The molecule has 0 spiro atoms. The van der Waals surface area contributed by atoms with Gasteiger partial charge in [0.2, 0.25) is 0 Å². The number of hydrogen-bond donors (Lipinski definition) is 3. The molecule has 3 heteroatoms. The molecule has 60 valence electrons. The first kappa shape index (κ1) is 9.27. The normalized spacial score (nSPS) is 8.70. The van der Waals surface area contributed by atoms with Crippen molar-refractivity contribution in [2.45, 2.75) is 20.8 Å². The van der Waals surface area contributed by atoms with E-state index in [1.807, 2.05) is 0 Å². The van der Waals surface area contributed by atoms with Gasteiger partial charge in [0.1, 0.15) is 0 Å². The van der Waals surface area contributed by atoms with Crippen molar-refractivity contribution in [1.82, 2.24) is 10.6 Å². The Morgan fingerprint density at radius 2 is 1.60 bits per heavy atom. The molecule has 0 fully saturated rings. The molecule has 0 heterocycles. The van der Waals surface area contributed by atoms with E-state index in [2.05, 4.69) is 36.4 Å². The first-order valence-corrected chi connectivity index (χ1v) is 3.93. The molecule has 0 aromatic carbocycles. The van der Waals surface area contributed by atoms with Gasteiger partial charge in [-0.3, -0.25) is 15.6 Å². The fraction of sp³-hybridized carbons (Fsp3) is 0.857. The van der Waals surface area contributed by atoms with Crippen molar-refractivity contribution < 1.29 is 4.99 Å². The van der Waals surface area contributed by atoms with Gasteiger partial charge in [0.15, 0.2) is 0 Å². The predicted octanol–water partition coefficient (Wildman–Crippen LogP) is -1.34. The second kappa shape index (κ2) is 6.39. The maximum atomic E-state index is 3.18. The van der Waals surface area contributed by atoms with Gasteiger partial charge in [-0.15, -0.1) is 0 Å². The number of hydrogen-bond acceptors (Lipinski definition) is 0. The minimum absolute atomic E-state index is 0.954. The van der Waals surface area contributed by atoms with E-state index in [1.165, 1.54) is 0 Å². The summed E-state index contributed by atoms with van der Waals surface area (Å²) in [5.41, 5.74) is 0. The molecule has 0 saturated heterocycles. The molecule has 0 bridgehead atoms. The fourth-order valence-corrected chi connectivity index (χ4v) is 0.718. The third kappa shape index (κ3) is 4.18. The van der Waals surface area contributed by atoms with Gasteiger partial charge in [-0.1, -0.05) is 0 Å². The van der Waals surface area contributed by atoms with Crippen molar-refractivity contribution >= 4 is 5.96 Å². The Hall–Kier alpha value is -0.730. The SMILES string of the molecule is CCNC(NCC)=[NH+]CC. The van der Waals surface area contributed by atoms with Crippen molar-refractivity contribution in [2.24, 2.45) is 0 Å². The third-order valence-corrected chi connectivity index (χ3v) is 1.06. The van der Waals surface area contributed by atoms with Gasteiger partial charge < -0.3 is 0 Å². The van der Waals surface area contributed by atoms with E-state index in [9.17, 15) is 0 Å². The van der Waals surface area contributed by atoms with Crippen LogP contribution < -0.4 is 15.6 Å². The lowest BCUT2D eigenvalue weighted by atomic mass is 10.6. The summed E-state index contributed by atoms with van der Waals surface area (Å²) in [4.78, 5) is 3.18. The minimum atomic E-state index is 0.954. The minimum Gasteiger partial charge on any atom is -0.278 e. The maximum absolute atomic E-state index is 3.18. The Balaban J connectivity index is 3.60. The van der Waals surface area contributed by atoms with Crippen LogP contribution >= 0.6 is 0 Å². The van der Waals surface area contributed by atoms with Gasteiger partial charge >= 0.3 is 5.96 Å². The van der Waals surface area contributed by atoms with E-state index in [1.54, 1.807) is 0 Å². The highest BCUT2D eigenvalue weighted by atomic mass is 15.2. The monoisotopic (exact) mass is 144 g/mol. The average molecular weight is 144 g/mol. The largest absolute Gasteiger partial charge is 0.343 e. The van der Waals surface area contributed by atoms with Gasteiger partial charge in [0.05, 0.1) is 19.6 Å². The van der Waals surface area contributed by atoms with E-state index < -0.39 is 0 Å². The van der Waals surface area contributed by atoms with Crippen LogP contribution in [0.5, 0.6) is 0 Å². The molecule has 0 unspecified atom stereocenters. The van der Waals surface area contributed by atoms with Crippen molar-refractivity contribution in [3.05, 3.63) is 0 Å². The highest BCUT2D eigenvalue weighted by molar-refractivity contribution is 5.73. The Labute approximate surface area is 62.9 Å². The summed E-state index contributed by atoms with van der Waals surface area (Å²) < 4.78 is 0. The molecular weight excluding hydrogens is 126 g/mol. The van der Waals surface area contributed by atoms with Crippen LogP contribution in [0.15, 0.2) is 0 Å². The molecule has 0 radical (unpaired) electrons. The fourth-order valence-electron chi connectivity index (χ4n) is 0.718. The molecule has 0 rings (SSSR count). The van der Waals surface area contributed by atoms with E-state index >= 15 is 0 Å². The first-order valence-electron chi connectivity index (χ1n) is 3.93. The van der Waals surface area contributed by atoms with Crippen LogP contribution in [0.3, 0.4) is 0 Å². The Bertz CT molecular complexity index is 91.0. The first-order chi connectivity index (χ1) is 4.85. The van der Waals surface area contributed by atoms with Crippen LogP contribution in [0.4, 0.5) is 0 Å². The van der Waals surface area contributed by atoms with E-state index in [4.69, 9.17) is 0 Å². The molecule has 0 atom stereocenters. The summed E-state index contributed by atoms with van der Waals surface area (Å²) in [5.74, 6) is 1.03. The van der Waals surface area contributed by atoms with Crippen molar-refractivity contribution in [2.75, 3.05) is 19.6 Å². The average Bonchev–Trinajstić information content (AvgIpc) is 1.90. The zero-order valence-corrected chi connectivity index (χ0v) is 7.12. The van der Waals surface area contributed by atoms with Crippen LogP contribution in [-0.2, 0) is 0 Å². The molecule has 0 aromatic rings. The van der Waals surface area contributed by atoms with E-state index in [0.29, 0.717) is 0 Å². The number of nitrogens with one attached hydrogen (secondary N) is 3. The van der Waals surface area contributed by atoms with Crippen molar-refractivity contribution in [3.63, 3.8) is 0 Å². The molecule has 0 aliphatic heterocycles. The van der Waals surface area contributed by atoms with Crippen LogP contribution in [0, 0.1) is 0 Å². The molecule has 0 amide bonds. The van der Waals surface area contributed by atoms with E-state index in [0.717, 1.165) is 25.6 Å². The van der Waals surface area contributed by atoms with E-state index in [-0.39, 0.29) is 0 Å².